The molecule has 11 heteroatoms. The van der Waals surface area contributed by atoms with Crippen LogP contribution in [0.1, 0.15) is 59.8 Å². The molecule has 36 heavy (non-hydrogen) atoms. The summed E-state index contributed by atoms with van der Waals surface area (Å²) in [5, 5.41) is 7.14. The summed E-state index contributed by atoms with van der Waals surface area (Å²) in [5.41, 5.74) is 1.87. The zero-order valence-corrected chi connectivity index (χ0v) is 24.6. The van der Waals surface area contributed by atoms with Crippen molar-refractivity contribution in [3.05, 3.63) is 39.5 Å². The Hall–Kier alpha value is -1.66. The van der Waals surface area contributed by atoms with Gasteiger partial charge in [0.1, 0.15) is 0 Å². The van der Waals surface area contributed by atoms with Crippen LogP contribution < -0.4 is 15.0 Å². The van der Waals surface area contributed by atoms with E-state index in [0.29, 0.717) is 22.7 Å². The quantitative estimate of drug-likeness (QED) is 0.291. The smallest absolute Gasteiger partial charge is 0.340 e. The van der Waals surface area contributed by atoms with E-state index in [4.69, 9.17) is 16.3 Å². The average molecular weight is 638 g/mol. The topological polar surface area (TPSA) is 62.6 Å². The average Bonchev–Trinajstić information content (AvgIpc) is 3.15. The highest BCUT2D eigenvalue weighted by Gasteiger charge is 2.36. The molecule has 1 aromatic heterocycles. The number of amides is 1. The van der Waals surface area contributed by atoms with E-state index in [1.165, 1.54) is 18.8 Å². The normalized spacial score (nSPS) is 18.4. The lowest BCUT2D eigenvalue weighted by Gasteiger charge is -2.40. The van der Waals surface area contributed by atoms with Crippen LogP contribution in [0.25, 0.3) is 0 Å². The van der Waals surface area contributed by atoms with Crippen molar-refractivity contribution >= 4 is 45.8 Å². The number of benzene rings is 1. The summed E-state index contributed by atoms with van der Waals surface area (Å²) in [6.45, 7) is 4.65. The van der Waals surface area contributed by atoms with E-state index in [9.17, 15) is 13.6 Å². The third kappa shape index (κ3) is 6.24. The molecular weight excluding hydrogens is 603 g/mol. The van der Waals surface area contributed by atoms with Crippen LogP contribution in [0.5, 0.6) is 5.88 Å². The predicted octanol–water partition coefficient (Wildman–Crippen LogP) is 5.50. The number of carbonyl (C=O) groups excluding carboxylic acids is 1. The molecule has 0 spiro atoms. The molecule has 0 atom stereocenters. The van der Waals surface area contributed by atoms with Gasteiger partial charge in [0.25, 0.3) is 5.91 Å². The number of hydrogen-bond donors (Lipinski definition) is 1. The van der Waals surface area contributed by atoms with Crippen LogP contribution in [0.4, 0.5) is 14.5 Å². The van der Waals surface area contributed by atoms with Gasteiger partial charge in [0.2, 0.25) is 5.88 Å². The third-order valence-electron chi connectivity index (χ3n) is 7.05. The van der Waals surface area contributed by atoms with E-state index < -0.39 is 15.5 Å². The standard InChI is InChI=1S/C25H35ClF2IN5O2/c1-7-34(18-10-8-17(9-11-18)32(3)4)21-13-16(26)12-19(15(21)2)23(35)30-14-20-22(25(27,28)29)31-33(5)24(20)36-6/h12-13,17-18H,7-11,14H2,1-6H3,(H,30,35). The number of alkyl halides is 3. The van der Waals surface area contributed by atoms with Crippen LogP contribution in [0.3, 0.4) is 0 Å². The summed E-state index contributed by atoms with van der Waals surface area (Å²) in [6, 6.07) is 4.49. The molecule has 1 aliphatic carbocycles. The molecule has 0 aliphatic heterocycles. The first-order chi connectivity index (χ1) is 16.9. The van der Waals surface area contributed by atoms with Crippen molar-refractivity contribution in [2.75, 3.05) is 32.6 Å². The highest BCUT2D eigenvalue weighted by atomic mass is 127. The van der Waals surface area contributed by atoms with Gasteiger partial charge in [0, 0.05) is 64.5 Å². The van der Waals surface area contributed by atoms with Crippen LogP contribution in [0, 0.1) is 6.92 Å². The van der Waals surface area contributed by atoms with Crippen LogP contribution in [0.2, 0.25) is 5.02 Å². The Morgan fingerprint density at radius 1 is 1.28 bits per heavy atom. The van der Waals surface area contributed by atoms with E-state index in [0.717, 1.165) is 66.1 Å². The number of methoxy groups -OCH3 is 1. The van der Waals surface area contributed by atoms with Gasteiger partial charge < -0.3 is 19.9 Å². The molecule has 1 heterocycles. The van der Waals surface area contributed by atoms with Crippen LogP contribution in [0.15, 0.2) is 12.1 Å². The fourth-order valence-electron chi connectivity index (χ4n) is 5.17. The van der Waals surface area contributed by atoms with E-state index in [1.807, 2.05) is 13.0 Å². The molecule has 0 unspecified atom stereocenters. The maximum Gasteiger partial charge on any atom is 0.340 e. The number of anilines is 1. The van der Waals surface area contributed by atoms with Gasteiger partial charge in [-0.15, -0.1) is 0 Å². The van der Waals surface area contributed by atoms with E-state index >= 15 is 0 Å². The fourth-order valence-corrected chi connectivity index (χ4v) is 5.81. The highest BCUT2D eigenvalue weighted by molar-refractivity contribution is 14.1. The minimum absolute atomic E-state index is 0.139. The summed E-state index contributed by atoms with van der Waals surface area (Å²) in [5.74, 6) is -0.215. The number of aryl methyl sites for hydroxylation is 1. The van der Waals surface area contributed by atoms with Gasteiger partial charge in [0.15, 0.2) is 5.69 Å². The minimum atomic E-state index is -3.21. The zero-order chi connectivity index (χ0) is 26.8. The van der Waals surface area contributed by atoms with E-state index in [2.05, 4.69) is 41.2 Å². The second-order valence-corrected chi connectivity index (χ2v) is 11.2. The van der Waals surface area contributed by atoms with Crippen LogP contribution in [-0.4, -0.2) is 60.4 Å². The van der Waals surface area contributed by atoms with E-state index in [1.54, 1.807) is 6.07 Å². The number of aromatic nitrogens is 2. The molecule has 1 aliphatic rings. The molecule has 1 fully saturated rings. The van der Waals surface area contributed by atoms with E-state index in [-0.39, 0.29) is 18.0 Å². The van der Waals surface area contributed by atoms with Crippen molar-refractivity contribution in [1.29, 1.82) is 0 Å². The minimum Gasteiger partial charge on any atom is -0.481 e. The fraction of sp³-hybridized carbons (Fsp3) is 0.600. The highest BCUT2D eigenvalue weighted by Crippen LogP contribution is 2.39. The third-order valence-corrected chi connectivity index (χ3v) is 7.78. The molecule has 0 bridgehead atoms. The van der Waals surface area contributed by atoms with Gasteiger partial charge in [-0.3, -0.25) is 4.79 Å². The molecule has 1 aromatic carbocycles. The maximum atomic E-state index is 14.2. The number of rotatable bonds is 9. The lowest BCUT2D eigenvalue weighted by Crippen LogP contribution is -2.42. The first-order valence-electron chi connectivity index (χ1n) is 12.1. The Bertz CT molecular complexity index is 1080. The molecule has 200 valence electrons. The lowest BCUT2D eigenvalue weighted by atomic mass is 9.89. The predicted molar refractivity (Wildman–Crippen MR) is 148 cm³/mol. The van der Waals surface area contributed by atoms with Gasteiger partial charge in [-0.1, -0.05) is 11.6 Å². The van der Waals surface area contributed by atoms with Crippen molar-refractivity contribution in [3.8, 4) is 5.88 Å². The molecule has 0 saturated heterocycles. The lowest BCUT2D eigenvalue weighted by molar-refractivity contribution is 0.0946. The van der Waals surface area contributed by atoms with Gasteiger partial charge >= 0.3 is 3.93 Å². The van der Waals surface area contributed by atoms with Gasteiger partial charge in [-0.2, -0.15) is 13.9 Å². The maximum absolute atomic E-state index is 14.2. The summed E-state index contributed by atoms with van der Waals surface area (Å²) in [7, 11) is 7.16. The monoisotopic (exact) mass is 637 g/mol. The number of nitrogens with one attached hydrogen (secondary N) is 1. The zero-order valence-electron chi connectivity index (χ0n) is 21.7. The second-order valence-electron chi connectivity index (χ2n) is 9.45. The molecule has 1 amide bonds. The molecule has 7 nitrogen and oxygen atoms in total. The molecule has 2 aromatic rings. The van der Waals surface area contributed by atoms with Crippen LogP contribution >= 0.6 is 34.2 Å². The van der Waals surface area contributed by atoms with Gasteiger partial charge in [-0.05, 0) is 71.3 Å². The SMILES string of the molecule is CCN(c1cc(Cl)cc(C(=O)NCc2c(C(F)(F)I)nn(C)c2OC)c1C)C1CCC(N(C)C)CC1. The van der Waals surface area contributed by atoms with Crippen molar-refractivity contribution < 1.29 is 18.3 Å². The first kappa shape index (κ1) is 28.9. The van der Waals surface area contributed by atoms with Crippen molar-refractivity contribution in [2.45, 2.75) is 62.1 Å². The van der Waals surface area contributed by atoms with Crippen molar-refractivity contribution in [2.24, 2.45) is 7.05 Å². The number of nitrogens with zero attached hydrogens (tertiary/aromatic N) is 4. The molecule has 1 N–H and O–H groups in total. The Morgan fingerprint density at radius 3 is 2.42 bits per heavy atom. The Labute approximate surface area is 230 Å². The summed E-state index contributed by atoms with van der Waals surface area (Å²) in [4.78, 5) is 17.9. The number of carbonyl (C=O) groups is 1. The summed E-state index contributed by atoms with van der Waals surface area (Å²) >= 11 is 7.51. The number of ether oxygens (including phenoxy) is 1. The molecular formula is C25H35ClF2IN5O2. The van der Waals surface area contributed by atoms with Gasteiger partial charge in [-0.25, -0.2) is 4.68 Å². The van der Waals surface area contributed by atoms with Crippen molar-refractivity contribution in [1.82, 2.24) is 20.0 Å². The molecule has 0 radical (unpaired) electrons. The molecule has 3 rings (SSSR count). The Balaban J connectivity index is 1.85. The summed E-state index contributed by atoms with van der Waals surface area (Å²) in [6.07, 6.45) is 4.38. The summed E-state index contributed by atoms with van der Waals surface area (Å²) < 4.78 is 31.6. The second kappa shape index (κ2) is 11.8. The van der Waals surface area contributed by atoms with Crippen molar-refractivity contribution in [3.63, 3.8) is 0 Å². The van der Waals surface area contributed by atoms with Gasteiger partial charge in [0.05, 0.1) is 19.2 Å². The number of halogens is 4. The first-order valence-corrected chi connectivity index (χ1v) is 13.5. The number of hydrogen-bond acceptors (Lipinski definition) is 5. The van der Waals surface area contributed by atoms with Crippen LogP contribution in [-0.2, 0) is 17.5 Å². The molecule has 1 saturated carbocycles. The Kier molecular flexibility index (Phi) is 9.48. The largest absolute Gasteiger partial charge is 0.481 e. The Morgan fingerprint density at radius 2 is 1.89 bits per heavy atom.